The molecule has 0 atom stereocenters. The van der Waals surface area contributed by atoms with Gasteiger partial charge in [0.15, 0.2) is 0 Å². The van der Waals surface area contributed by atoms with Gasteiger partial charge >= 0.3 is 0 Å². The zero-order chi connectivity index (χ0) is 11.7. The second kappa shape index (κ2) is 4.18. The van der Waals surface area contributed by atoms with E-state index in [4.69, 9.17) is 11.6 Å². The Labute approximate surface area is 98.1 Å². The van der Waals surface area contributed by atoms with Crippen molar-refractivity contribution in [3.63, 3.8) is 0 Å². The smallest absolute Gasteiger partial charge is 0.222 e. The van der Waals surface area contributed by atoms with E-state index in [1.807, 2.05) is 13.0 Å². The summed E-state index contributed by atoms with van der Waals surface area (Å²) in [6.07, 6.45) is 1.63. The molecule has 82 valence electrons. The highest BCUT2D eigenvalue weighted by Crippen LogP contribution is 2.23. The van der Waals surface area contributed by atoms with Crippen molar-refractivity contribution in [3.8, 4) is 11.3 Å². The molecule has 0 amide bonds. The van der Waals surface area contributed by atoms with Gasteiger partial charge in [-0.1, -0.05) is 12.1 Å². The quantitative estimate of drug-likeness (QED) is 0.708. The lowest BCUT2D eigenvalue weighted by Gasteiger charge is -2.06. The Kier molecular flexibility index (Phi) is 2.88. The van der Waals surface area contributed by atoms with Crippen molar-refractivity contribution < 1.29 is 4.39 Å². The van der Waals surface area contributed by atoms with Crippen LogP contribution in [0.5, 0.6) is 0 Å². The molecule has 16 heavy (non-hydrogen) atoms. The van der Waals surface area contributed by atoms with Crippen LogP contribution in [0.3, 0.4) is 0 Å². The van der Waals surface area contributed by atoms with Crippen molar-refractivity contribution in [2.24, 2.45) is 0 Å². The van der Waals surface area contributed by atoms with E-state index in [9.17, 15) is 4.39 Å². The standard InChI is InChI=1S/C12H10ClFN2/c1-7-3-4-9(5-10(7)14)11-8(2)6-15-12(13)16-11/h3-6H,1-2H3. The lowest BCUT2D eigenvalue weighted by atomic mass is 10.1. The first-order valence-electron chi connectivity index (χ1n) is 4.83. The van der Waals surface area contributed by atoms with Gasteiger partial charge in [0.1, 0.15) is 5.82 Å². The van der Waals surface area contributed by atoms with E-state index in [1.165, 1.54) is 6.07 Å². The SMILES string of the molecule is Cc1ccc(-c2nc(Cl)ncc2C)cc1F. The Morgan fingerprint density at radius 1 is 1.19 bits per heavy atom. The molecule has 1 aromatic heterocycles. The number of aromatic nitrogens is 2. The molecule has 0 aliphatic carbocycles. The highest BCUT2D eigenvalue weighted by molar-refractivity contribution is 6.28. The summed E-state index contributed by atoms with van der Waals surface area (Å²) in [5, 5.41) is 0.168. The third-order valence-electron chi connectivity index (χ3n) is 2.39. The van der Waals surface area contributed by atoms with E-state index in [1.54, 1.807) is 19.2 Å². The number of rotatable bonds is 1. The monoisotopic (exact) mass is 236 g/mol. The molecule has 2 aromatic rings. The molecule has 1 heterocycles. The second-order valence-corrected chi connectivity index (χ2v) is 3.97. The molecule has 0 bridgehead atoms. The average Bonchev–Trinajstić information content (AvgIpc) is 2.26. The molecule has 1 aromatic carbocycles. The van der Waals surface area contributed by atoms with Crippen LogP contribution < -0.4 is 0 Å². The third-order valence-corrected chi connectivity index (χ3v) is 2.57. The van der Waals surface area contributed by atoms with Crippen molar-refractivity contribution in [2.45, 2.75) is 13.8 Å². The van der Waals surface area contributed by atoms with Crippen LogP contribution in [0.1, 0.15) is 11.1 Å². The molecule has 0 radical (unpaired) electrons. The minimum absolute atomic E-state index is 0.168. The normalized spacial score (nSPS) is 10.5. The zero-order valence-corrected chi connectivity index (χ0v) is 9.72. The lowest BCUT2D eigenvalue weighted by Crippen LogP contribution is -1.93. The van der Waals surface area contributed by atoms with Gasteiger partial charge in [0.25, 0.3) is 0 Å². The van der Waals surface area contributed by atoms with Crippen molar-refractivity contribution in [2.75, 3.05) is 0 Å². The predicted octanol–water partition coefficient (Wildman–Crippen LogP) is 3.55. The molecular formula is C12H10ClFN2. The van der Waals surface area contributed by atoms with Crippen LogP contribution in [0, 0.1) is 19.7 Å². The van der Waals surface area contributed by atoms with Gasteiger partial charge in [0.05, 0.1) is 5.69 Å². The summed E-state index contributed by atoms with van der Waals surface area (Å²) < 4.78 is 13.4. The molecular weight excluding hydrogens is 227 g/mol. The van der Waals surface area contributed by atoms with Gasteiger partial charge in [-0.15, -0.1) is 0 Å². The molecule has 2 rings (SSSR count). The van der Waals surface area contributed by atoms with Gasteiger partial charge < -0.3 is 0 Å². The van der Waals surface area contributed by atoms with Gasteiger partial charge in [-0.25, -0.2) is 14.4 Å². The fourth-order valence-corrected chi connectivity index (χ4v) is 1.59. The number of halogens is 2. The zero-order valence-electron chi connectivity index (χ0n) is 8.96. The summed E-state index contributed by atoms with van der Waals surface area (Å²) >= 11 is 5.72. The van der Waals surface area contributed by atoms with E-state index < -0.39 is 0 Å². The Morgan fingerprint density at radius 3 is 2.62 bits per heavy atom. The minimum atomic E-state index is -0.244. The maximum Gasteiger partial charge on any atom is 0.222 e. The Morgan fingerprint density at radius 2 is 1.94 bits per heavy atom. The molecule has 0 saturated heterocycles. The predicted molar refractivity (Wildman–Crippen MR) is 61.9 cm³/mol. The molecule has 0 aliphatic heterocycles. The van der Waals surface area contributed by atoms with Crippen LogP contribution in [0.25, 0.3) is 11.3 Å². The highest BCUT2D eigenvalue weighted by atomic mass is 35.5. The van der Waals surface area contributed by atoms with E-state index >= 15 is 0 Å². The van der Waals surface area contributed by atoms with E-state index in [0.717, 1.165) is 5.56 Å². The summed E-state index contributed by atoms with van der Waals surface area (Å²) in [7, 11) is 0. The van der Waals surface area contributed by atoms with Crippen molar-refractivity contribution >= 4 is 11.6 Å². The molecule has 0 fully saturated rings. The largest absolute Gasteiger partial charge is 0.226 e. The number of benzene rings is 1. The molecule has 0 aliphatic rings. The summed E-state index contributed by atoms with van der Waals surface area (Å²) in [5.41, 5.74) is 2.86. The van der Waals surface area contributed by atoms with E-state index in [0.29, 0.717) is 16.8 Å². The summed E-state index contributed by atoms with van der Waals surface area (Å²) in [4.78, 5) is 7.97. The lowest BCUT2D eigenvalue weighted by molar-refractivity contribution is 0.619. The fourth-order valence-electron chi connectivity index (χ4n) is 1.45. The van der Waals surface area contributed by atoms with Crippen molar-refractivity contribution in [1.82, 2.24) is 9.97 Å². The Hall–Kier alpha value is -1.48. The molecule has 0 spiro atoms. The molecule has 0 N–H and O–H groups in total. The maximum atomic E-state index is 13.4. The second-order valence-electron chi connectivity index (χ2n) is 3.63. The summed E-state index contributed by atoms with van der Waals surface area (Å²) in [6, 6.07) is 5.01. The average molecular weight is 237 g/mol. The number of nitrogens with zero attached hydrogens (tertiary/aromatic N) is 2. The minimum Gasteiger partial charge on any atom is -0.226 e. The first kappa shape index (κ1) is 11.0. The fraction of sp³-hybridized carbons (Fsp3) is 0.167. The third kappa shape index (κ3) is 2.04. The van der Waals surface area contributed by atoms with Gasteiger partial charge in [-0.3, -0.25) is 0 Å². The Balaban J connectivity index is 2.58. The number of hydrogen-bond acceptors (Lipinski definition) is 2. The highest BCUT2D eigenvalue weighted by Gasteiger charge is 2.07. The van der Waals surface area contributed by atoms with Crippen LogP contribution in [0.4, 0.5) is 4.39 Å². The van der Waals surface area contributed by atoms with Gasteiger partial charge in [-0.2, -0.15) is 0 Å². The van der Waals surface area contributed by atoms with Crippen molar-refractivity contribution in [1.29, 1.82) is 0 Å². The maximum absolute atomic E-state index is 13.4. The topological polar surface area (TPSA) is 25.8 Å². The Bertz CT molecular complexity index is 541. The number of aryl methyl sites for hydroxylation is 2. The molecule has 2 nitrogen and oxygen atoms in total. The molecule has 4 heteroatoms. The van der Waals surface area contributed by atoms with Crippen LogP contribution in [-0.4, -0.2) is 9.97 Å². The van der Waals surface area contributed by atoms with Crippen LogP contribution in [0.15, 0.2) is 24.4 Å². The first-order chi connectivity index (χ1) is 7.58. The van der Waals surface area contributed by atoms with E-state index in [-0.39, 0.29) is 11.1 Å². The van der Waals surface area contributed by atoms with Gasteiger partial charge in [0, 0.05) is 11.8 Å². The van der Waals surface area contributed by atoms with Crippen molar-refractivity contribution in [3.05, 3.63) is 46.6 Å². The number of hydrogen-bond donors (Lipinski definition) is 0. The van der Waals surface area contributed by atoms with Crippen LogP contribution in [-0.2, 0) is 0 Å². The van der Waals surface area contributed by atoms with Gasteiger partial charge in [0.2, 0.25) is 5.28 Å². The van der Waals surface area contributed by atoms with Crippen LogP contribution >= 0.6 is 11.6 Å². The molecule has 0 saturated carbocycles. The van der Waals surface area contributed by atoms with Gasteiger partial charge in [-0.05, 0) is 42.6 Å². The van der Waals surface area contributed by atoms with Crippen LogP contribution in [0.2, 0.25) is 5.28 Å². The summed E-state index contributed by atoms with van der Waals surface area (Å²) in [6.45, 7) is 3.59. The molecule has 0 unspecified atom stereocenters. The van der Waals surface area contributed by atoms with E-state index in [2.05, 4.69) is 9.97 Å². The first-order valence-corrected chi connectivity index (χ1v) is 5.21. The summed E-state index contributed by atoms with van der Waals surface area (Å²) in [5.74, 6) is -0.244.